The molecule has 1 aromatic rings. The molecule has 0 aromatic heterocycles. The summed E-state index contributed by atoms with van der Waals surface area (Å²) in [6.07, 6.45) is 0.955. The maximum absolute atomic E-state index is 5.96. The van der Waals surface area contributed by atoms with Gasteiger partial charge in [-0.05, 0) is 24.6 Å². The molecule has 0 amide bonds. The molecule has 1 heterocycles. The average molecular weight is 212 g/mol. The highest BCUT2D eigenvalue weighted by Gasteiger charge is 2.31. The lowest BCUT2D eigenvalue weighted by atomic mass is 9.78. The Morgan fingerprint density at radius 2 is 2.36 bits per heavy atom. The fourth-order valence-corrected chi connectivity index (χ4v) is 2.00. The van der Waals surface area contributed by atoms with Crippen molar-refractivity contribution >= 4 is 11.6 Å². The summed E-state index contributed by atoms with van der Waals surface area (Å²) in [5.74, 6) is 0.925. The molecule has 2 rings (SSSR count). The molecule has 0 bridgehead atoms. The van der Waals surface area contributed by atoms with Gasteiger partial charge in [-0.2, -0.15) is 0 Å². The van der Waals surface area contributed by atoms with Crippen molar-refractivity contribution in [3.8, 4) is 5.75 Å². The smallest absolute Gasteiger partial charge is 0.123 e. The molecule has 0 radical (unpaired) electrons. The van der Waals surface area contributed by atoms with Gasteiger partial charge in [0.25, 0.3) is 0 Å². The van der Waals surface area contributed by atoms with Crippen molar-refractivity contribution < 1.29 is 4.74 Å². The Morgan fingerprint density at radius 1 is 1.57 bits per heavy atom. The van der Waals surface area contributed by atoms with Gasteiger partial charge in [0.2, 0.25) is 0 Å². The Morgan fingerprint density at radius 3 is 3.07 bits per heavy atom. The summed E-state index contributed by atoms with van der Waals surface area (Å²) >= 11 is 5.96. The van der Waals surface area contributed by atoms with Gasteiger partial charge in [0.1, 0.15) is 5.75 Å². The van der Waals surface area contributed by atoms with Gasteiger partial charge in [-0.25, -0.2) is 0 Å². The lowest BCUT2D eigenvalue weighted by molar-refractivity contribution is 0.227. The van der Waals surface area contributed by atoms with Crippen molar-refractivity contribution in [1.82, 2.24) is 0 Å². The molecule has 0 spiro atoms. The van der Waals surface area contributed by atoms with Crippen LogP contribution < -0.4 is 10.5 Å². The number of fused-ring (bicyclic) bond motifs is 1. The normalized spacial score (nSPS) is 25.4. The van der Waals surface area contributed by atoms with Crippen LogP contribution in [0.5, 0.6) is 5.75 Å². The Kier molecular flexibility index (Phi) is 2.41. The Labute approximate surface area is 89.0 Å². The first-order valence-corrected chi connectivity index (χ1v) is 5.16. The molecule has 0 aliphatic carbocycles. The maximum atomic E-state index is 5.96. The molecular weight excluding hydrogens is 198 g/mol. The minimum absolute atomic E-state index is 0.0124. The van der Waals surface area contributed by atoms with Crippen molar-refractivity contribution in [2.75, 3.05) is 13.2 Å². The van der Waals surface area contributed by atoms with Gasteiger partial charge in [0.05, 0.1) is 6.61 Å². The number of rotatable bonds is 1. The van der Waals surface area contributed by atoms with Gasteiger partial charge < -0.3 is 10.5 Å². The zero-order chi connectivity index (χ0) is 10.2. The fourth-order valence-electron chi connectivity index (χ4n) is 1.83. The van der Waals surface area contributed by atoms with E-state index in [1.54, 1.807) is 0 Å². The SMILES string of the molecule is CC1(CN)CCOc2ccc(Cl)cc21. The van der Waals surface area contributed by atoms with E-state index in [1.807, 2.05) is 18.2 Å². The van der Waals surface area contributed by atoms with Gasteiger partial charge in [0.15, 0.2) is 0 Å². The van der Waals surface area contributed by atoms with Gasteiger partial charge in [-0.3, -0.25) is 0 Å². The molecule has 0 saturated heterocycles. The van der Waals surface area contributed by atoms with Crippen molar-refractivity contribution in [2.45, 2.75) is 18.8 Å². The number of nitrogens with two attached hydrogens (primary N) is 1. The van der Waals surface area contributed by atoms with Crippen LogP contribution in [0.25, 0.3) is 0 Å². The van der Waals surface area contributed by atoms with Crippen LogP contribution in [0.15, 0.2) is 18.2 Å². The first kappa shape index (κ1) is 9.81. The molecule has 2 nitrogen and oxygen atoms in total. The van der Waals surface area contributed by atoms with Gasteiger partial charge in [0, 0.05) is 22.5 Å². The zero-order valence-corrected chi connectivity index (χ0v) is 8.97. The third-order valence-electron chi connectivity index (χ3n) is 2.95. The predicted molar refractivity (Wildman–Crippen MR) is 58.0 cm³/mol. The standard InChI is InChI=1S/C11H14ClNO/c1-11(7-13)4-5-14-10-3-2-8(12)6-9(10)11/h2-3,6H,4-5,7,13H2,1H3. The number of hydrogen-bond donors (Lipinski definition) is 1. The third kappa shape index (κ3) is 1.49. The van der Waals surface area contributed by atoms with Crippen molar-refractivity contribution in [3.05, 3.63) is 28.8 Å². The minimum atomic E-state index is 0.0124. The molecule has 3 heteroatoms. The summed E-state index contributed by atoms with van der Waals surface area (Å²) in [6, 6.07) is 5.73. The van der Waals surface area contributed by atoms with Crippen LogP contribution in [-0.4, -0.2) is 13.2 Å². The second kappa shape index (κ2) is 3.44. The van der Waals surface area contributed by atoms with E-state index < -0.39 is 0 Å². The molecule has 76 valence electrons. The largest absolute Gasteiger partial charge is 0.493 e. The maximum Gasteiger partial charge on any atom is 0.123 e. The molecule has 1 aromatic carbocycles. The summed E-state index contributed by atoms with van der Waals surface area (Å²) in [4.78, 5) is 0. The van der Waals surface area contributed by atoms with Crippen LogP contribution in [-0.2, 0) is 5.41 Å². The van der Waals surface area contributed by atoms with Crippen LogP contribution in [0.4, 0.5) is 0 Å². The monoisotopic (exact) mass is 211 g/mol. The zero-order valence-electron chi connectivity index (χ0n) is 8.22. The molecule has 2 N–H and O–H groups in total. The summed E-state index contributed by atoms with van der Waals surface area (Å²) in [5.41, 5.74) is 6.95. The van der Waals surface area contributed by atoms with E-state index in [4.69, 9.17) is 22.1 Å². The van der Waals surface area contributed by atoms with Gasteiger partial charge >= 0.3 is 0 Å². The molecule has 1 atom stereocenters. The number of halogens is 1. The summed E-state index contributed by atoms with van der Waals surface area (Å²) in [6.45, 7) is 3.52. The van der Waals surface area contributed by atoms with Crippen LogP contribution in [0.3, 0.4) is 0 Å². The highest BCUT2D eigenvalue weighted by atomic mass is 35.5. The van der Waals surface area contributed by atoms with Gasteiger partial charge in [-0.1, -0.05) is 18.5 Å². The van der Waals surface area contributed by atoms with E-state index in [0.717, 1.165) is 29.4 Å². The summed E-state index contributed by atoms with van der Waals surface area (Å²) in [7, 11) is 0. The molecule has 0 saturated carbocycles. The van der Waals surface area contributed by atoms with E-state index in [0.29, 0.717) is 6.54 Å². The summed E-state index contributed by atoms with van der Waals surface area (Å²) in [5, 5.41) is 0.744. The molecule has 14 heavy (non-hydrogen) atoms. The molecule has 1 unspecified atom stereocenters. The van der Waals surface area contributed by atoms with Crippen molar-refractivity contribution in [1.29, 1.82) is 0 Å². The number of hydrogen-bond acceptors (Lipinski definition) is 2. The Balaban J connectivity index is 2.52. The highest BCUT2D eigenvalue weighted by molar-refractivity contribution is 6.30. The van der Waals surface area contributed by atoms with E-state index in [9.17, 15) is 0 Å². The first-order chi connectivity index (χ1) is 6.65. The Bertz CT molecular complexity index is 353. The second-order valence-electron chi connectivity index (χ2n) is 4.00. The molecular formula is C11H14ClNO. The van der Waals surface area contributed by atoms with E-state index in [1.165, 1.54) is 0 Å². The lowest BCUT2D eigenvalue weighted by Gasteiger charge is -2.34. The van der Waals surface area contributed by atoms with E-state index >= 15 is 0 Å². The van der Waals surface area contributed by atoms with Crippen molar-refractivity contribution in [3.63, 3.8) is 0 Å². The average Bonchev–Trinajstić information content (AvgIpc) is 2.20. The first-order valence-electron chi connectivity index (χ1n) is 4.79. The summed E-state index contributed by atoms with van der Waals surface area (Å²) < 4.78 is 5.56. The fraction of sp³-hybridized carbons (Fsp3) is 0.455. The van der Waals surface area contributed by atoms with Crippen LogP contribution in [0.1, 0.15) is 18.9 Å². The second-order valence-corrected chi connectivity index (χ2v) is 4.44. The highest BCUT2D eigenvalue weighted by Crippen LogP contribution is 2.39. The lowest BCUT2D eigenvalue weighted by Crippen LogP contribution is -2.36. The van der Waals surface area contributed by atoms with E-state index in [-0.39, 0.29) is 5.41 Å². The minimum Gasteiger partial charge on any atom is -0.493 e. The number of benzene rings is 1. The molecule has 1 aliphatic rings. The molecule has 0 fully saturated rings. The predicted octanol–water partition coefficient (Wildman–Crippen LogP) is 2.34. The van der Waals surface area contributed by atoms with Crippen LogP contribution in [0.2, 0.25) is 5.02 Å². The van der Waals surface area contributed by atoms with Crippen molar-refractivity contribution in [2.24, 2.45) is 5.73 Å². The molecule has 1 aliphatic heterocycles. The Hall–Kier alpha value is -0.730. The topological polar surface area (TPSA) is 35.2 Å². The quantitative estimate of drug-likeness (QED) is 0.774. The number of ether oxygens (including phenoxy) is 1. The van der Waals surface area contributed by atoms with E-state index in [2.05, 4.69) is 6.92 Å². The van der Waals surface area contributed by atoms with Crippen LogP contribution in [0, 0.1) is 0 Å². The van der Waals surface area contributed by atoms with Crippen LogP contribution >= 0.6 is 11.6 Å². The van der Waals surface area contributed by atoms with Gasteiger partial charge in [-0.15, -0.1) is 0 Å². The third-order valence-corrected chi connectivity index (χ3v) is 3.19.